The quantitative estimate of drug-likeness (QED) is 0.648. The number of benzene rings is 1. The first-order valence-corrected chi connectivity index (χ1v) is 10.8. The largest absolute Gasteiger partial charge is 0.378 e. The summed E-state index contributed by atoms with van der Waals surface area (Å²) in [6.07, 6.45) is 2.93. The second-order valence-corrected chi connectivity index (χ2v) is 8.37. The third-order valence-corrected chi connectivity index (χ3v) is 5.89. The van der Waals surface area contributed by atoms with Crippen LogP contribution in [0.1, 0.15) is 66.3 Å². The molecule has 2 aromatic rings. The SMILES string of the molecule is Cc1cc(C(=O)N2CCC(OCCCN)CC2)c(C)n1-c1cccc(C(C)C)c1.Cl. The average Bonchev–Trinajstić information content (AvgIpc) is 3.02. The van der Waals surface area contributed by atoms with E-state index < -0.39 is 0 Å². The molecule has 0 unspecified atom stereocenters. The fourth-order valence-corrected chi connectivity index (χ4v) is 4.13. The number of rotatable bonds is 7. The van der Waals surface area contributed by atoms with Gasteiger partial charge in [0.2, 0.25) is 0 Å². The van der Waals surface area contributed by atoms with E-state index in [4.69, 9.17) is 10.5 Å². The highest BCUT2D eigenvalue weighted by atomic mass is 35.5. The number of likely N-dealkylation sites (tertiary alicyclic amines) is 1. The van der Waals surface area contributed by atoms with Crippen LogP contribution >= 0.6 is 12.4 Å². The van der Waals surface area contributed by atoms with E-state index in [-0.39, 0.29) is 24.4 Å². The first-order valence-electron chi connectivity index (χ1n) is 10.8. The van der Waals surface area contributed by atoms with Crippen molar-refractivity contribution in [2.24, 2.45) is 5.73 Å². The molecule has 0 saturated carbocycles. The number of ether oxygens (including phenoxy) is 1. The molecule has 1 aliphatic heterocycles. The summed E-state index contributed by atoms with van der Waals surface area (Å²) in [6, 6.07) is 10.6. The minimum Gasteiger partial charge on any atom is -0.378 e. The molecule has 1 fully saturated rings. The molecule has 0 radical (unpaired) electrons. The van der Waals surface area contributed by atoms with Gasteiger partial charge in [-0.2, -0.15) is 0 Å². The topological polar surface area (TPSA) is 60.5 Å². The number of piperidine rings is 1. The molecule has 1 amide bonds. The van der Waals surface area contributed by atoms with Gasteiger partial charge in [-0.05, 0) is 69.3 Å². The summed E-state index contributed by atoms with van der Waals surface area (Å²) in [4.78, 5) is 15.2. The Bertz CT molecular complexity index is 839. The molecule has 0 atom stereocenters. The molecule has 5 nitrogen and oxygen atoms in total. The molecule has 166 valence electrons. The van der Waals surface area contributed by atoms with Gasteiger partial charge in [0.05, 0.1) is 11.7 Å². The van der Waals surface area contributed by atoms with Gasteiger partial charge in [-0.3, -0.25) is 4.79 Å². The van der Waals surface area contributed by atoms with E-state index in [2.05, 4.69) is 49.6 Å². The lowest BCUT2D eigenvalue weighted by molar-refractivity contribution is 0.00843. The average molecular weight is 434 g/mol. The standard InChI is InChI=1S/C24H35N3O2.ClH/c1-17(2)20-7-5-8-21(16-20)27-18(3)15-23(19(27)4)24(28)26-12-9-22(10-13-26)29-14-6-11-25;/h5,7-8,15-17,22H,6,9-14,25H2,1-4H3;1H. The van der Waals surface area contributed by atoms with Crippen molar-refractivity contribution in [1.29, 1.82) is 0 Å². The van der Waals surface area contributed by atoms with Crippen molar-refractivity contribution in [2.75, 3.05) is 26.2 Å². The van der Waals surface area contributed by atoms with Crippen molar-refractivity contribution in [2.45, 2.75) is 59.0 Å². The zero-order valence-electron chi connectivity index (χ0n) is 18.7. The Hall–Kier alpha value is -1.82. The molecule has 1 aliphatic rings. The van der Waals surface area contributed by atoms with Crippen LogP contribution in [0.5, 0.6) is 0 Å². The van der Waals surface area contributed by atoms with Crippen molar-refractivity contribution in [3.63, 3.8) is 0 Å². The molecule has 0 bridgehead atoms. The van der Waals surface area contributed by atoms with Crippen LogP contribution in [0.15, 0.2) is 30.3 Å². The summed E-state index contributed by atoms with van der Waals surface area (Å²) in [5.41, 5.74) is 10.9. The van der Waals surface area contributed by atoms with Crippen molar-refractivity contribution in [3.05, 3.63) is 52.8 Å². The summed E-state index contributed by atoms with van der Waals surface area (Å²) in [7, 11) is 0. The summed E-state index contributed by atoms with van der Waals surface area (Å²) in [5.74, 6) is 0.602. The van der Waals surface area contributed by atoms with Gasteiger partial charge in [-0.25, -0.2) is 0 Å². The van der Waals surface area contributed by atoms with E-state index in [1.165, 1.54) is 5.56 Å². The lowest BCUT2D eigenvalue weighted by Crippen LogP contribution is -2.41. The zero-order chi connectivity index (χ0) is 21.0. The number of hydrogen-bond donors (Lipinski definition) is 1. The van der Waals surface area contributed by atoms with Gasteiger partial charge in [0.25, 0.3) is 5.91 Å². The summed E-state index contributed by atoms with van der Waals surface area (Å²) < 4.78 is 8.07. The number of carbonyl (C=O) groups excluding carboxylic acids is 1. The number of aryl methyl sites for hydroxylation is 1. The summed E-state index contributed by atoms with van der Waals surface area (Å²) >= 11 is 0. The second kappa shape index (κ2) is 11.0. The Labute approximate surface area is 187 Å². The van der Waals surface area contributed by atoms with Crippen LogP contribution in [0.25, 0.3) is 5.69 Å². The van der Waals surface area contributed by atoms with Crippen LogP contribution in [-0.2, 0) is 4.74 Å². The molecule has 30 heavy (non-hydrogen) atoms. The number of hydrogen-bond acceptors (Lipinski definition) is 3. The highest BCUT2D eigenvalue weighted by Crippen LogP contribution is 2.26. The van der Waals surface area contributed by atoms with E-state index in [0.717, 1.165) is 55.0 Å². The molecule has 3 rings (SSSR count). The van der Waals surface area contributed by atoms with Gasteiger partial charge >= 0.3 is 0 Å². The molecule has 1 saturated heterocycles. The Balaban J connectivity index is 0.00000320. The fourth-order valence-electron chi connectivity index (χ4n) is 4.13. The normalized spacial score (nSPS) is 14.8. The molecule has 2 N–H and O–H groups in total. The number of carbonyl (C=O) groups is 1. The van der Waals surface area contributed by atoms with Gasteiger partial charge in [-0.1, -0.05) is 26.0 Å². The molecule has 0 spiro atoms. The molecule has 1 aromatic carbocycles. The minimum absolute atomic E-state index is 0. The van der Waals surface area contributed by atoms with Crippen molar-refractivity contribution in [3.8, 4) is 5.69 Å². The van der Waals surface area contributed by atoms with E-state index in [1.807, 2.05) is 17.9 Å². The molecule has 6 heteroatoms. The Morgan fingerprint density at radius 2 is 1.90 bits per heavy atom. The molecule has 1 aromatic heterocycles. The van der Waals surface area contributed by atoms with E-state index >= 15 is 0 Å². The molecule has 2 heterocycles. The maximum absolute atomic E-state index is 13.2. The third-order valence-electron chi connectivity index (χ3n) is 5.89. The number of aromatic nitrogens is 1. The van der Waals surface area contributed by atoms with Gasteiger partial charge in [0.1, 0.15) is 0 Å². The van der Waals surface area contributed by atoms with Crippen LogP contribution in [-0.4, -0.2) is 47.7 Å². The maximum atomic E-state index is 13.2. The highest BCUT2D eigenvalue weighted by Gasteiger charge is 2.26. The van der Waals surface area contributed by atoms with Crippen LogP contribution < -0.4 is 5.73 Å². The Morgan fingerprint density at radius 1 is 1.20 bits per heavy atom. The van der Waals surface area contributed by atoms with E-state index in [1.54, 1.807) is 0 Å². The number of nitrogens with two attached hydrogens (primary N) is 1. The summed E-state index contributed by atoms with van der Waals surface area (Å²) in [5, 5.41) is 0. The molecular weight excluding hydrogens is 398 g/mol. The maximum Gasteiger partial charge on any atom is 0.255 e. The monoisotopic (exact) mass is 433 g/mol. The van der Waals surface area contributed by atoms with Gasteiger partial charge < -0.3 is 19.9 Å². The van der Waals surface area contributed by atoms with Gasteiger partial charge in [0, 0.05) is 36.8 Å². The van der Waals surface area contributed by atoms with Crippen LogP contribution in [0.3, 0.4) is 0 Å². The van der Waals surface area contributed by atoms with E-state index in [9.17, 15) is 4.79 Å². The minimum atomic E-state index is 0. The lowest BCUT2D eigenvalue weighted by Gasteiger charge is -2.32. The van der Waals surface area contributed by atoms with E-state index in [0.29, 0.717) is 19.1 Å². The Kier molecular flexibility index (Phi) is 8.95. The van der Waals surface area contributed by atoms with Gasteiger partial charge in [-0.15, -0.1) is 12.4 Å². The van der Waals surface area contributed by atoms with Crippen LogP contribution in [0.4, 0.5) is 0 Å². The fraction of sp³-hybridized carbons (Fsp3) is 0.542. The highest BCUT2D eigenvalue weighted by molar-refractivity contribution is 5.96. The number of nitrogens with zero attached hydrogens (tertiary/aromatic N) is 2. The lowest BCUT2D eigenvalue weighted by atomic mass is 10.0. The number of amides is 1. The van der Waals surface area contributed by atoms with Crippen molar-refractivity contribution in [1.82, 2.24) is 9.47 Å². The Morgan fingerprint density at radius 3 is 2.53 bits per heavy atom. The number of halogens is 1. The summed E-state index contributed by atoms with van der Waals surface area (Å²) in [6.45, 7) is 11.4. The van der Waals surface area contributed by atoms with Crippen LogP contribution in [0.2, 0.25) is 0 Å². The predicted molar refractivity (Wildman–Crippen MR) is 125 cm³/mol. The molecule has 0 aliphatic carbocycles. The first-order chi connectivity index (χ1) is 13.9. The van der Waals surface area contributed by atoms with Crippen molar-refractivity contribution < 1.29 is 9.53 Å². The smallest absolute Gasteiger partial charge is 0.255 e. The van der Waals surface area contributed by atoms with Crippen LogP contribution in [0, 0.1) is 13.8 Å². The third kappa shape index (κ3) is 5.45. The van der Waals surface area contributed by atoms with Crippen molar-refractivity contribution >= 4 is 18.3 Å². The zero-order valence-corrected chi connectivity index (χ0v) is 19.5. The second-order valence-electron chi connectivity index (χ2n) is 8.37. The molecular formula is C24H36ClN3O2. The predicted octanol–water partition coefficient (Wildman–Crippen LogP) is 4.61. The first kappa shape index (κ1) is 24.4. The van der Waals surface area contributed by atoms with Gasteiger partial charge in [0.15, 0.2) is 0 Å².